The molecule has 3 rings (SSSR count). The fraction of sp³-hybridized carbons (Fsp3) is 0.273. The lowest BCUT2D eigenvalue weighted by Gasteiger charge is -1.97. The molecule has 0 fully saturated rings. The Morgan fingerprint density at radius 1 is 1.53 bits per heavy atom. The van der Waals surface area contributed by atoms with Crippen molar-refractivity contribution >= 4 is 16.3 Å². The summed E-state index contributed by atoms with van der Waals surface area (Å²) in [6.45, 7) is 2.62. The van der Waals surface area contributed by atoms with E-state index in [0.717, 1.165) is 34.3 Å². The number of aromatic amines is 1. The summed E-state index contributed by atoms with van der Waals surface area (Å²) in [5, 5.41) is 2.03. The number of imidazole rings is 2. The van der Waals surface area contributed by atoms with E-state index >= 15 is 0 Å². The first-order valence-electron chi connectivity index (χ1n) is 5.46. The average Bonchev–Trinajstić information content (AvgIpc) is 2.94. The molecule has 0 aliphatic carbocycles. The van der Waals surface area contributed by atoms with E-state index in [9.17, 15) is 0 Å². The molecule has 3 aromatic rings. The molecule has 6 heteroatoms. The molecule has 0 aliphatic heterocycles. The first-order chi connectivity index (χ1) is 8.29. The standard InChI is InChI=1S/C11H13N5S/c1-7-10(16-4-5-17-11(16)14-7)8-6-13-9(15-8)2-3-12/h4-6H,2-3,12H2,1H3,(H,13,15). The van der Waals surface area contributed by atoms with Crippen molar-refractivity contribution in [2.24, 2.45) is 5.73 Å². The Kier molecular flexibility index (Phi) is 2.45. The Bertz CT molecular complexity index is 648. The van der Waals surface area contributed by atoms with E-state index in [4.69, 9.17) is 5.73 Å². The minimum atomic E-state index is 0.603. The zero-order valence-corrected chi connectivity index (χ0v) is 10.3. The second-order valence-electron chi connectivity index (χ2n) is 3.88. The minimum absolute atomic E-state index is 0.603. The molecule has 0 spiro atoms. The van der Waals surface area contributed by atoms with Crippen LogP contribution in [0, 0.1) is 6.92 Å². The van der Waals surface area contributed by atoms with Gasteiger partial charge in [0.25, 0.3) is 0 Å². The van der Waals surface area contributed by atoms with Crippen molar-refractivity contribution in [2.75, 3.05) is 6.54 Å². The van der Waals surface area contributed by atoms with Crippen molar-refractivity contribution in [1.29, 1.82) is 0 Å². The highest BCUT2D eigenvalue weighted by Gasteiger charge is 2.13. The molecule has 3 N–H and O–H groups in total. The van der Waals surface area contributed by atoms with Crippen molar-refractivity contribution < 1.29 is 0 Å². The van der Waals surface area contributed by atoms with Gasteiger partial charge in [0.2, 0.25) is 0 Å². The van der Waals surface area contributed by atoms with Gasteiger partial charge < -0.3 is 10.7 Å². The van der Waals surface area contributed by atoms with Crippen molar-refractivity contribution in [2.45, 2.75) is 13.3 Å². The summed E-state index contributed by atoms with van der Waals surface area (Å²) in [4.78, 5) is 13.1. The SMILES string of the molecule is Cc1nc2sccn2c1-c1cnc(CCN)[nH]1. The number of hydrogen-bond donors (Lipinski definition) is 2. The lowest BCUT2D eigenvalue weighted by molar-refractivity contribution is 0.894. The van der Waals surface area contributed by atoms with E-state index in [1.54, 1.807) is 11.3 Å². The Morgan fingerprint density at radius 3 is 3.24 bits per heavy atom. The van der Waals surface area contributed by atoms with E-state index in [1.165, 1.54) is 0 Å². The molecule has 3 heterocycles. The second-order valence-corrected chi connectivity index (χ2v) is 4.76. The molecular formula is C11H13N5S. The van der Waals surface area contributed by atoms with Gasteiger partial charge in [-0.25, -0.2) is 9.97 Å². The van der Waals surface area contributed by atoms with E-state index in [0.29, 0.717) is 6.54 Å². The molecule has 0 bridgehead atoms. The number of hydrogen-bond acceptors (Lipinski definition) is 4. The van der Waals surface area contributed by atoms with Gasteiger partial charge in [0.1, 0.15) is 5.82 Å². The maximum atomic E-state index is 5.52. The van der Waals surface area contributed by atoms with Crippen LogP contribution in [0.15, 0.2) is 17.8 Å². The van der Waals surface area contributed by atoms with Gasteiger partial charge in [-0.15, -0.1) is 11.3 Å². The Balaban J connectivity index is 2.12. The number of nitrogens with one attached hydrogen (secondary N) is 1. The molecule has 17 heavy (non-hydrogen) atoms. The Labute approximate surface area is 102 Å². The van der Waals surface area contributed by atoms with Gasteiger partial charge in [-0.1, -0.05) is 0 Å². The van der Waals surface area contributed by atoms with E-state index < -0.39 is 0 Å². The molecule has 0 radical (unpaired) electrons. The highest BCUT2D eigenvalue weighted by atomic mass is 32.1. The van der Waals surface area contributed by atoms with Crippen LogP contribution in [-0.2, 0) is 6.42 Å². The zero-order valence-electron chi connectivity index (χ0n) is 9.47. The molecular weight excluding hydrogens is 234 g/mol. The van der Waals surface area contributed by atoms with Crippen LogP contribution in [-0.4, -0.2) is 25.9 Å². The third-order valence-electron chi connectivity index (χ3n) is 2.70. The highest BCUT2D eigenvalue weighted by Crippen LogP contribution is 2.25. The quantitative estimate of drug-likeness (QED) is 0.738. The van der Waals surface area contributed by atoms with E-state index in [2.05, 4.69) is 19.4 Å². The number of rotatable bonds is 3. The maximum Gasteiger partial charge on any atom is 0.194 e. The van der Waals surface area contributed by atoms with Crippen LogP contribution in [0.3, 0.4) is 0 Å². The predicted molar refractivity (Wildman–Crippen MR) is 68.1 cm³/mol. The first-order valence-corrected chi connectivity index (χ1v) is 6.34. The second kappa shape index (κ2) is 3.97. The average molecular weight is 247 g/mol. The monoisotopic (exact) mass is 247 g/mol. The summed E-state index contributed by atoms with van der Waals surface area (Å²) in [6.07, 6.45) is 4.64. The van der Waals surface area contributed by atoms with Crippen molar-refractivity contribution in [3.8, 4) is 11.4 Å². The molecule has 0 saturated heterocycles. The van der Waals surface area contributed by atoms with Gasteiger partial charge in [-0.2, -0.15) is 0 Å². The van der Waals surface area contributed by atoms with Crippen molar-refractivity contribution in [1.82, 2.24) is 19.4 Å². The van der Waals surface area contributed by atoms with Crippen molar-refractivity contribution in [3.63, 3.8) is 0 Å². The van der Waals surface area contributed by atoms with Crippen LogP contribution in [0.5, 0.6) is 0 Å². The van der Waals surface area contributed by atoms with Gasteiger partial charge in [0.05, 0.1) is 23.3 Å². The smallest absolute Gasteiger partial charge is 0.194 e. The number of H-pyrrole nitrogens is 1. The normalized spacial score (nSPS) is 11.4. The largest absolute Gasteiger partial charge is 0.341 e. The van der Waals surface area contributed by atoms with Crippen LogP contribution in [0.25, 0.3) is 16.3 Å². The number of nitrogens with two attached hydrogens (primary N) is 1. The summed E-state index contributed by atoms with van der Waals surface area (Å²) in [7, 11) is 0. The number of aromatic nitrogens is 4. The summed E-state index contributed by atoms with van der Waals surface area (Å²) in [5.41, 5.74) is 8.61. The Morgan fingerprint density at radius 2 is 2.41 bits per heavy atom. The van der Waals surface area contributed by atoms with Gasteiger partial charge in [0, 0.05) is 18.0 Å². The van der Waals surface area contributed by atoms with Crippen LogP contribution in [0.4, 0.5) is 0 Å². The molecule has 0 atom stereocenters. The van der Waals surface area contributed by atoms with E-state index in [1.807, 2.05) is 24.7 Å². The summed E-state index contributed by atoms with van der Waals surface area (Å²) >= 11 is 1.63. The van der Waals surface area contributed by atoms with Gasteiger partial charge in [0.15, 0.2) is 4.96 Å². The van der Waals surface area contributed by atoms with Gasteiger partial charge in [-0.05, 0) is 13.5 Å². The molecule has 0 aliphatic rings. The fourth-order valence-corrected chi connectivity index (χ4v) is 2.72. The van der Waals surface area contributed by atoms with Crippen LogP contribution >= 0.6 is 11.3 Å². The summed E-state index contributed by atoms with van der Waals surface area (Å²) < 4.78 is 2.08. The van der Waals surface area contributed by atoms with Gasteiger partial charge >= 0.3 is 0 Å². The third-order valence-corrected chi connectivity index (χ3v) is 3.46. The van der Waals surface area contributed by atoms with Crippen LogP contribution in [0.1, 0.15) is 11.5 Å². The number of fused-ring (bicyclic) bond motifs is 1. The fourth-order valence-electron chi connectivity index (χ4n) is 1.97. The molecule has 3 aromatic heterocycles. The predicted octanol–water partition coefficient (Wildman–Crippen LogP) is 1.60. The Hall–Kier alpha value is -1.66. The minimum Gasteiger partial charge on any atom is -0.341 e. The highest BCUT2D eigenvalue weighted by molar-refractivity contribution is 7.15. The third kappa shape index (κ3) is 1.65. The first kappa shape index (κ1) is 10.5. The summed E-state index contributed by atoms with van der Waals surface area (Å²) in [6, 6.07) is 0. The zero-order chi connectivity index (χ0) is 11.8. The van der Waals surface area contributed by atoms with Crippen LogP contribution < -0.4 is 5.73 Å². The molecule has 0 unspecified atom stereocenters. The lowest BCUT2D eigenvalue weighted by Crippen LogP contribution is -2.03. The number of aryl methyl sites for hydroxylation is 1. The molecule has 5 nitrogen and oxygen atoms in total. The lowest BCUT2D eigenvalue weighted by atomic mass is 10.3. The molecule has 0 saturated carbocycles. The molecule has 0 aromatic carbocycles. The topological polar surface area (TPSA) is 72.0 Å². The van der Waals surface area contributed by atoms with Crippen molar-refractivity contribution in [3.05, 3.63) is 29.3 Å². The van der Waals surface area contributed by atoms with Crippen LogP contribution in [0.2, 0.25) is 0 Å². The number of nitrogens with zero attached hydrogens (tertiary/aromatic N) is 3. The number of thiazole rings is 1. The molecule has 88 valence electrons. The molecule has 0 amide bonds. The maximum absolute atomic E-state index is 5.52. The van der Waals surface area contributed by atoms with Gasteiger partial charge in [-0.3, -0.25) is 4.40 Å². The summed E-state index contributed by atoms with van der Waals surface area (Å²) in [5.74, 6) is 0.923. The van der Waals surface area contributed by atoms with E-state index in [-0.39, 0.29) is 0 Å².